The van der Waals surface area contributed by atoms with Gasteiger partial charge in [-0.25, -0.2) is 4.39 Å². The summed E-state index contributed by atoms with van der Waals surface area (Å²) in [5, 5.41) is 10.8. The number of rotatable bonds is 6. The second-order valence-corrected chi connectivity index (χ2v) is 8.24. The van der Waals surface area contributed by atoms with E-state index in [2.05, 4.69) is 15.5 Å². The molecule has 1 N–H and O–H groups in total. The first kappa shape index (κ1) is 17.8. The number of amides is 2. The highest BCUT2D eigenvalue weighted by molar-refractivity contribution is 8.02. The molecule has 3 rings (SSSR count). The number of nitrogens with one attached hydrogen (secondary N) is 1. The van der Waals surface area contributed by atoms with Crippen molar-refractivity contribution in [3.63, 3.8) is 0 Å². The lowest BCUT2D eigenvalue weighted by Gasteiger charge is -2.15. The van der Waals surface area contributed by atoms with Crippen molar-refractivity contribution in [3.8, 4) is 0 Å². The third-order valence-corrected chi connectivity index (χ3v) is 5.74. The quantitative estimate of drug-likeness (QED) is 0.615. The summed E-state index contributed by atoms with van der Waals surface area (Å²) >= 11 is 2.52. The van der Waals surface area contributed by atoms with Crippen LogP contribution in [0, 0.1) is 5.82 Å². The zero-order valence-electron chi connectivity index (χ0n) is 13.7. The normalized spacial score (nSPS) is 14.8. The highest BCUT2D eigenvalue weighted by atomic mass is 32.2. The lowest BCUT2D eigenvalue weighted by Crippen LogP contribution is -2.30. The largest absolute Gasteiger partial charge is 0.323 e. The third kappa shape index (κ3) is 4.35. The van der Waals surface area contributed by atoms with Gasteiger partial charge in [0.25, 0.3) is 0 Å². The molecule has 2 aromatic rings. The zero-order chi connectivity index (χ0) is 18.0. The molecule has 1 fully saturated rings. The molecule has 132 valence electrons. The van der Waals surface area contributed by atoms with E-state index in [4.69, 9.17) is 0 Å². The fourth-order valence-corrected chi connectivity index (χ4v) is 4.33. The Kier molecular flexibility index (Phi) is 5.33. The predicted octanol–water partition coefficient (Wildman–Crippen LogP) is 3.31. The van der Waals surface area contributed by atoms with Crippen LogP contribution in [-0.2, 0) is 9.59 Å². The van der Waals surface area contributed by atoms with Crippen LogP contribution in [0.3, 0.4) is 0 Å². The number of hydrogen-bond donors (Lipinski definition) is 1. The zero-order valence-corrected chi connectivity index (χ0v) is 15.4. The number of anilines is 2. The highest BCUT2D eigenvalue weighted by Gasteiger charge is 2.34. The molecule has 1 aliphatic rings. The fraction of sp³-hybridized carbons (Fsp3) is 0.375. The van der Waals surface area contributed by atoms with Crippen molar-refractivity contribution in [1.82, 2.24) is 10.2 Å². The molecular weight excluding hydrogens is 363 g/mol. The van der Waals surface area contributed by atoms with Gasteiger partial charge in [-0.1, -0.05) is 35.2 Å². The van der Waals surface area contributed by atoms with Crippen LogP contribution in [0.4, 0.5) is 15.2 Å². The second-order valence-electron chi connectivity index (χ2n) is 5.70. The number of thioether (sulfide) groups is 1. The number of benzene rings is 1. The predicted molar refractivity (Wildman–Crippen MR) is 96.4 cm³/mol. The lowest BCUT2D eigenvalue weighted by molar-refractivity contribution is -0.117. The minimum atomic E-state index is -0.480. The first-order valence-corrected chi connectivity index (χ1v) is 9.50. The average molecular weight is 380 g/mol. The third-order valence-electron chi connectivity index (χ3n) is 3.63. The highest BCUT2D eigenvalue weighted by Crippen LogP contribution is 2.36. The molecule has 1 aromatic carbocycles. The van der Waals surface area contributed by atoms with Crippen molar-refractivity contribution in [3.05, 3.63) is 30.1 Å². The Hall–Kier alpha value is -2.00. The van der Waals surface area contributed by atoms with Gasteiger partial charge in [0.1, 0.15) is 5.82 Å². The van der Waals surface area contributed by atoms with Crippen LogP contribution in [0.15, 0.2) is 28.6 Å². The molecule has 0 radical (unpaired) electrons. The summed E-state index contributed by atoms with van der Waals surface area (Å²) in [6.07, 6.45) is 1.95. The molecule has 1 heterocycles. The number of para-hydroxylation sites is 1. The molecule has 1 atom stereocenters. The maximum atomic E-state index is 13.6. The summed E-state index contributed by atoms with van der Waals surface area (Å²) in [4.78, 5) is 25.6. The maximum absolute atomic E-state index is 13.6. The molecule has 0 spiro atoms. The van der Waals surface area contributed by atoms with Crippen LogP contribution in [0.25, 0.3) is 0 Å². The molecule has 1 saturated carbocycles. The van der Waals surface area contributed by atoms with Crippen LogP contribution in [-0.4, -0.2) is 33.3 Å². The van der Waals surface area contributed by atoms with Crippen molar-refractivity contribution in [2.75, 3.05) is 10.2 Å². The van der Waals surface area contributed by atoms with Gasteiger partial charge in [-0.05, 0) is 31.9 Å². The molecule has 1 aromatic heterocycles. The number of nitrogens with zero attached hydrogens (tertiary/aromatic N) is 3. The molecule has 6 nitrogen and oxygen atoms in total. The number of carbonyl (C=O) groups is 2. The molecule has 0 unspecified atom stereocenters. The number of carbonyl (C=O) groups excluding carboxylic acids is 2. The molecule has 9 heteroatoms. The van der Waals surface area contributed by atoms with Gasteiger partial charge in [0.2, 0.25) is 16.9 Å². The lowest BCUT2D eigenvalue weighted by atomic mass is 10.3. The number of aromatic nitrogens is 2. The van der Waals surface area contributed by atoms with E-state index in [1.54, 1.807) is 24.0 Å². The first-order chi connectivity index (χ1) is 12.0. The summed E-state index contributed by atoms with van der Waals surface area (Å²) < 4.78 is 14.2. The van der Waals surface area contributed by atoms with Crippen molar-refractivity contribution in [2.24, 2.45) is 0 Å². The van der Waals surface area contributed by atoms with Gasteiger partial charge >= 0.3 is 0 Å². The summed E-state index contributed by atoms with van der Waals surface area (Å²) in [7, 11) is 0. The van der Waals surface area contributed by atoms with Crippen LogP contribution in [0.5, 0.6) is 0 Å². The van der Waals surface area contributed by atoms with Gasteiger partial charge in [-0.15, -0.1) is 10.2 Å². The molecular formula is C16H17FN4O2S2. The minimum absolute atomic E-state index is 0.0551. The summed E-state index contributed by atoms with van der Waals surface area (Å²) in [6, 6.07) is 6.23. The van der Waals surface area contributed by atoms with E-state index in [0.29, 0.717) is 9.47 Å². The monoisotopic (exact) mass is 380 g/mol. The van der Waals surface area contributed by atoms with Gasteiger partial charge < -0.3 is 5.32 Å². The van der Waals surface area contributed by atoms with E-state index in [1.165, 1.54) is 42.2 Å². The van der Waals surface area contributed by atoms with Crippen molar-refractivity contribution < 1.29 is 14.0 Å². The molecule has 0 saturated heterocycles. The Balaban J connectivity index is 1.63. The van der Waals surface area contributed by atoms with Crippen LogP contribution in [0.1, 0.15) is 26.7 Å². The maximum Gasteiger partial charge on any atom is 0.237 e. The molecule has 0 aliphatic heterocycles. The van der Waals surface area contributed by atoms with E-state index in [0.717, 1.165) is 12.8 Å². The van der Waals surface area contributed by atoms with E-state index in [-0.39, 0.29) is 23.5 Å². The van der Waals surface area contributed by atoms with Gasteiger partial charge in [0, 0.05) is 13.0 Å². The molecule has 0 bridgehead atoms. The van der Waals surface area contributed by atoms with Gasteiger partial charge in [-0.2, -0.15) is 0 Å². The molecule has 1 aliphatic carbocycles. The first-order valence-electron chi connectivity index (χ1n) is 7.81. The van der Waals surface area contributed by atoms with Crippen LogP contribution < -0.4 is 10.2 Å². The van der Waals surface area contributed by atoms with Crippen LogP contribution in [0.2, 0.25) is 0 Å². The van der Waals surface area contributed by atoms with E-state index in [1.807, 2.05) is 0 Å². The number of hydrogen-bond acceptors (Lipinski definition) is 6. The van der Waals surface area contributed by atoms with Crippen molar-refractivity contribution >= 4 is 45.7 Å². The second kappa shape index (κ2) is 7.49. The number of halogens is 1. The Labute approximate surface area is 152 Å². The van der Waals surface area contributed by atoms with Gasteiger partial charge in [0.15, 0.2) is 4.34 Å². The van der Waals surface area contributed by atoms with Gasteiger partial charge in [0.05, 0.1) is 10.9 Å². The Bertz CT molecular complexity index is 794. The topological polar surface area (TPSA) is 75.2 Å². The Morgan fingerprint density at radius 3 is 2.72 bits per heavy atom. The van der Waals surface area contributed by atoms with Crippen LogP contribution >= 0.6 is 23.1 Å². The van der Waals surface area contributed by atoms with Crippen molar-refractivity contribution in [2.45, 2.75) is 42.3 Å². The van der Waals surface area contributed by atoms with E-state index in [9.17, 15) is 14.0 Å². The fourth-order valence-electron chi connectivity index (χ4n) is 2.23. The Morgan fingerprint density at radius 1 is 1.36 bits per heavy atom. The van der Waals surface area contributed by atoms with Crippen molar-refractivity contribution in [1.29, 1.82) is 0 Å². The SMILES string of the molecule is CC(=O)N(c1nnc(S[C@@H](C)C(=O)Nc2ccccc2F)s1)C1CC1. The average Bonchev–Trinajstić information content (AvgIpc) is 3.28. The summed E-state index contributed by atoms with van der Waals surface area (Å²) in [5.74, 6) is -0.856. The standard InChI is InChI=1S/C16H17FN4O2S2/c1-9(14(23)18-13-6-4-3-5-12(13)17)24-16-20-19-15(25-16)21(10(2)22)11-7-8-11/h3-6,9,11H,7-8H2,1-2H3,(H,18,23)/t9-/m0/s1. The van der Waals surface area contributed by atoms with E-state index >= 15 is 0 Å². The van der Waals surface area contributed by atoms with Gasteiger partial charge in [-0.3, -0.25) is 14.5 Å². The summed E-state index contributed by atoms with van der Waals surface area (Å²) in [5.41, 5.74) is 0.148. The molecule has 25 heavy (non-hydrogen) atoms. The summed E-state index contributed by atoms with van der Waals surface area (Å²) in [6.45, 7) is 3.22. The Morgan fingerprint density at radius 2 is 2.08 bits per heavy atom. The minimum Gasteiger partial charge on any atom is -0.323 e. The smallest absolute Gasteiger partial charge is 0.237 e. The van der Waals surface area contributed by atoms with E-state index < -0.39 is 11.1 Å². The molecule has 2 amide bonds.